The molecule has 1 atom stereocenters. The molecule has 0 bridgehead atoms. The Bertz CT molecular complexity index is 497. The number of ether oxygens (including phenoxy) is 1. The van der Waals surface area contributed by atoms with E-state index in [9.17, 15) is 9.59 Å². The number of nitrogens with zero attached hydrogens (tertiary/aromatic N) is 2. The van der Waals surface area contributed by atoms with Gasteiger partial charge in [-0.25, -0.2) is 0 Å². The van der Waals surface area contributed by atoms with Crippen LogP contribution in [0.4, 0.5) is 0 Å². The Balaban J connectivity index is 2.10. The van der Waals surface area contributed by atoms with Crippen molar-refractivity contribution < 1.29 is 18.7 Å². The molecule has 6 heteroatoms. The Morgan fingerprint density at radius 1 is 1.40 bits per heavy atom. The van der Waals surface area contributed by atoms with Crippen LogP contribution in [0.25, 0.3) is 0 Å². The largest absolute Gasteiger partial charge is 0.465 e. The molecule has 1 fully saturated rings. The van der Waals surface area contributed by atoms with Crippen LogP contribution in [0.1, 0.15) is 31.3 Å². The molecule has 2 amide bonds. The second kappa shape index (κ2) is 5.98. The van der Waals surface area contributed by atoms with Crippen molar-refractivity contribution in [2.45, 2.75) is 26.8 Å². The second-order valence-corrected chi connectivity index (χ2v) is 4.64. The molecule has 2 heterocycles. The number of likely N-dealkylation sites (N-methyl/N-ethyl adjacent to an activating group) is 1. The topological polar surface area (TPSA) is 63.0 Å². The average Bonchev–Trinajstić information content (AvgIpc) is 2.90. The van der Waals surface area contributed by atoms with Crippen LogP contribution in [0.2, 0.25) is 0 Å². The fraction of sp³-hybridized carbons (Fsp3) is 0.571. The maximum atomic E-state index is 12.4. The molecule has 1 saturated heterocycles. The SMILES string of the molecule is CCOc1ccc(C(=O)N2CCN(CC)C(=O)C2C)o1. The second-order valence-electron chi connectivity index (χ2n) is 4.64. The molecule has 0 saturated carbocycles. The first kappa shape index (κ1) is 14.4. The standard InChI is InChI=1S/C14H20N2O4/c1-4-15-8-9-16(10(3)13(15)17)14(18)11-6-7-12(20-11)19-5-2/h6-7,10H,4-5,8-9H2,1-3H3. The van der Waals surface area contributed by atoms with Crippen LogP contribution in [-0.2, 0) is 4.79 Å². The van der Waals surface area contributed by atoms with Gasteiger partial charge in [0.2, 0.25) is 5.91 Å². The molecule has 20 heavy (non-hydrogen) atoms. The third-order valence-electron chi connectivity index (χ3n) is 3.47. The first-order valence-electron chi connectivity index (χ1n) is 6.90. The minimum absolute atomic E-state index is 0.0244. The van der Waals surface area contributed by atoms with Crippen molar-refractivity contribution in [2.24, 2.45) is 0 Å². The fourth-order valence-electron chi connectivity index (χ4n) is 2.32. The van der Waals surface area contributed by atoms with Gasteiger partial charge < -0.3 is 19.0 Å². The summed E-state index contributed by atoms with van der Waals surface area (Å²) in [6.07, 6.45) is 0. The number of amides is 2. The lowest BCUT2D eigenvalue weighted by molar-refractivity contribution is -0.139. The molecule has 2 rings (SSSR count). The van der Waals surface area contributed by atoms with Crippen molar-refractivity contribution in [1.82, 2.24) is 9.80 Å². The third kappa shape index (κ3) is 2.64. The maximum absolute atomic E-state index is 12.4. The summed E-state index contributed by atoms with van der Waals surface area (Å²) in [6, 6.07) is 2.74. The lowest BCUT2D eigenvalue weighted by Crippen LogP contribution is -2.57. The minimum Gasteiger partial charge on any atom is -0.465 e. The monoisotopic (exact) mass is 280 g/mol. The molecule has 1 aliphatic heterocycles. The molecule has 0 radical (unpaired) electrons. The summed E-state index contributed by atoms with van der Waals surface area (Å²) in [5, 5.41) is 0. The summed E-state index contributed by atoms with van der Waals surface area (Å²) in [5.74, 6) is 0.233. The van der Waals surface area contributed by atoms with E-state index in [1.807, 2.05) is 13.8 Å². The van der Waals surface area contributed by atoms with Crippen LogP contribution in [0.15, 0.2) is 16.5 Å². The van der Waals surface area contributed by atoms with Gasteiger partial charge >= 0.3 is 0 Å². The number of rotatable bonds is 4. The van der Waals surface area contributed by atoms with Crippen molar-refractivity contribution in [3.63, 3.8) is 0 Å². The van der Waals surface area contributed by atoms with Gasteiger partial charge in [-0.3, -0.25) is 9.59 Å². The zero-order valence-electron chi connectivity index (χ0n) is 12.1. The van der Waals surface area contributed by atoms with Crippen LogP contribution < -0.4 is 4.74 Å². The van der Waals surface area contributed by atoms with Gasteiger partial charge in [0.15, 0.2) is 5.76 Å². The summed E-state index contributed by atoms with van der Waals surface area (Å²) in [5.41, 5.74) is 0. The van der Waals surface area contributed by atoms with E-state index in [4.69, 9.17) is 9.15 Å². The zero-order chi connectivity index (χ0) is 14.7. The van der Waals surface area contributed by atoms with Gasteiger partial charge in [-0.15, -0.1) is 0 Å². The summed E-state index contributed by atoms with van der Waals surface area (Å²) in [6.45, 7) is 7.74. The molecular formula is C14H20N2O4. The first-order valence-corrected chi connectivity index (χ1v) is 6.90. The number of carbonyl (C=O) groups is 2. The highest BCUT2D eigenvalue weighted by Crippen LogP contribution is 2.20. The van der Waals surface area contributed by atoms with Gasteiger partial charge in [0.1, 0.15) is 6.04 Å². The average molecular weight is 280 g/mol. The summed E-state index contributed by atoms with van der Waals surface area (Å²) in [4.78, 5) is 27.8. The molecule has 1 unspecified atom stereocenters. The van der Waals surface area contributed by atoms with Crippen LogP contribution in [0.3, 0.4) is 0 Å². The molecule has 0 spiro atoms. The first-order chi connectivity index (χ1) is 9.58. The molecule has 0 aliphatic carbocycles. The van der Waals surface area contributed by atoms with Gasteiger partial charge in [0, 0.05) is 25.7 Å². The van der Waals surface area contributed by atoms with Crippen molar-refractivity contribution >= 4 is 11.8 Å². The Labute approximate surface area is 118 Å². The molecule has 110 valence electrons. The summed E-state index contributed by atoms with van der Waals surface area (Å²) in [7, 11) is 0. The highest BCUT2D eigenvalue weighted by atomic mass is 16.6. The number of hydrogen-bond acceptors (Lipinski definition) is 4. The Morgan fingerprint density at radius 2 is 2.15 bits per heavy atom. The van der Waals surface area contributed by atoms with Crippen molar-refractivity contribution in [2.75, 3.05) is 26.2 Å². The van der Waals surface area contributed by atoms with Crippen molar-refractivity contribution in [1.29, 1.82) is 0 Å². The highest BCUT2D eigenvalue weighted by Gasteiger charge is 2.35. The summed E-state index contributed by atoms with van der Waals surface area (Å²) >= 11 is 0. The maximum Gasteiger partial charge on any atom is 0.290 e. The normalized spacial score (nSPS) is 19.4. The predicted molar refractivity (Wildman–Crippen MR) is 72.6 cm³/mol. The molecule has 0 N–H and O–H groups in total. The third-order valence-corrected chi connectivity index (χ3v) is 3.47. The van der Waals surface area contributed by atoms with Crippen LogP contribution in [0, 0.1) is 0 Å². The van der Waals surface area contributed by atoms with E-state index in [0.29, 0.717) is 32.2 Å². The van der Waals surface area contributed by atoms with Crippen molar-refractivity contribution in [3.05, 3.63) is 17.9 Å². The molecule has 6 nitrogen and oxygen atoms in total. The quantitative estimate of drug-likeness (QED) is 0.835. The van der Waals surface area contributed by atoms with E-state index < -0.39 is 6.04 Å². The van der Waals surface area contributed by atoms with Gasteiger partial charge in [-0.2, -0.15) is 0 Å². The van der Waals surface area contributed by atoms with Gasteiger partial charge in [-0.1, -0.05) is 0 Å². The fourth-order valence-corrected chi connectivity index (χ4v) is 2.32. The Morgan fingerprint density at radius 3 is 2.80 bits per heavy atom. The van der Waals surface area contributed by atoms with Gasteiger partial charge in [0.05, 0.1) is 6.61 Å². The Kier molecular flexibility index (Phi) is 4.32. The van der Waals surface area contributed by atoms with E-state index in [1.165, 1.54) is 0 Å². The number of hydrogen-bond donors (Lipinski definition) is 0. The van der Waals surface area contributed by atoms with Crippen LogP contribution in [-0.4, -0.2) is 53.9 Å². The summed E-state index contributed by atoms with van der Waals surface area (Å²) < 4.78 is 10.5. The minimum atomic E-state index is -0.461. The van der Waals surface area contributed by atoms with Crippen LogP contribution in [0.5, 0.6) is 5.95 Å². The smallest absolute Gasteiger partial charge is 0.290 e. The van der Waals surface area contributed by atoms with Crippen LogP contribution >= 0.6 is 0 Å². The molecule has 1 aliphatic rings. The van der Waals surface area contributed by atoms with Crippen molar-refractivity contribution in [3.8, 4) is 5.95 Å². The van der Waals surface area contributed by atoms with E-state index in [-0.39, 0.29) is 17.6 Å². The molecule has 1 aromatic heterocycles. The van der Waals surface area contributed by atoms with Gasteiger partial charge in [-0.05, 0) is 26.8 Å². The van der Waals surface area contributed by atoms with E-state index >= 15 is 0 Å². The molecule has 1 aromatic rings. The Hall–Kier alpha value is -1.98. The molecular weight excluding hydrogens is 260 g/mol. The predicted octanol–water partition coefficient (Wildman–Crippen LogP) is 1.37. The van der Waals surface area contributed by atoms with E-state index in [2.05, 4.69) is 0 Å². The number of furan rings is 1. The van der Waals surface area contributed by atoms with E-state index in [0.717, 1.165) is 0 Å². The number of carbonyl (C=O) groups excluding carboxylic acids is 2. The molecule has 0 aromatic carbocycles. The van der Waals surface area contributed by atoms with E-state index in [1.54, 1.807) is 28.9 Å². The zero-order valence-corrected chi connectivity index (χ0v) is 12.1. The highest BCUT2D eigenvalue weighted by molar-refractivity contribution is 5.96. The lowest BCUT2D eigenvalue weighted by atomic mass is 10.1. The lowest BCUT2D eigenvalue weighted by Gasteiger charge is -2.38. The van der Waals surface area contributed by atoms with Gasteiger partial charge in [0.25, 0.3) is 11.9 Å². The number of piperazine rings is 1.